The highest BCUT2D eigenvalue weighted by molar-refractivity contribution is 7.07. The smallest absolute Gasteiger partial charge is 0.320 e. The predicted molar refractivity (Wildman–Crippen MR) is 82.3 cm³/mol. The Morgan fingerprint density at radius 2 is 2.33 bits per heavy atom. The number of carboxylic acid groups (broad SMARTS) is 1. The Balaban J connectivity index is 1.84. The molecule has 2 heterocycles. The van der Waals surface area contributed by atoms with E-state index in [0.717, 1.165) is 24.9 Å². The van der Waals surface area contributed by atoms with Gasteiger partial charge < -0.3 is 14.9 Å². The summed E-state index contributed by atoms with van der Waals surface area (Å²) in [7, 11) is 1.82. The van der Waals surface area contributed by atoms with E-state index in [1.54, 1.807) is 16.2 Å². The van der Waals surface area contributed by atoms with Gasteiger partial charge in [-0.25, -0.2) is 4.79 Å². The minimum Gasteiger partial charge on any atom is -0.481 e. The highest BCUT2D eigenvalue weighted by atomic mass is 32.1. The molecule has 5 nitrogen and oxygen atoms in total. The first-order valence-corrected chi connectivity index (χ1v) is 8.23. The largest absolute Gasteiger partial charge is 0.481 e. The zero-order chi connectivity index (χ0) is 15.2. The molecule has 21 heavy (non-hydrogen) atoms. The predicted octanol–water partition coefficient (Wildman–Crippen LogP) is 2.88. The summed E-state index contributed by atoms with van der Waals surface area (Å²) in [5.74, 6) is -0.443. The van der Waals surface area contributed by atoms with Gasteiger partial charge in [0.2, 0.25) is 0 Å². The van der Waals surface area contributed by atoms with E-state index in [-0.39, 0.29) is 12.5 Å². The highest BCUT2D eigenvalue weighted by Crippen LogP contribution is 2.22. The number of carbonyl (C=O) groups is 2. The van der Waals surface area contributed by atoms with Crippen LogP contribution in [-0.4, -0.2) is 47.0 Å². The number of amides is 2. The van der Waals surface area contributed by atoms with Crippen molar-refractivity contribution in [2.24, 2.45) is 5.92 Å². The molecule has 116 valence electrons. The Morgan fingerprint density at radius 1 is 1.52 bits per heavy atom. The van der Waals surface area contributed by atoms with Crippen LogP contribution >= 0.6 is 11.3 Å². The maximum absolute atomic E-state index is 12.4. The van der Waals surface area contributed by atoms with Crippen molar-refractivity contribution in [3.05, 3.63) is 22.4 Å². The summed E-state index contributed by atoms with van der Waals surface area (Å²) in [6.07, 6.45) is 2.83. The number of carboxylic acids is 1. The van der Waals surface area contributed by atoms with E-state index in [9.17, 15) is 9.59 Å². The number of hydrogen-bond acceptors (Lipinski definition) is 3. The molecule has 1 N–H and O–H groups in total. The molecule has 0 saturated carbocycles. The molecule has 0 bridgehead atoms. The number of carbonyl (C=O) groups excluding carboxylic acids is 1. The normalized spacial score (nSPS) is 18.5. The second-order valence-electron chi connectivity index (χ2n) is 5.66. The van der Waals surface area contributed by atoms with Gasteiger partial charge in [0.25, 0.3) is 0 Å². The Hall–Kier alpha value is -1.56. The molecule has 0 radical (unpaired) electrons. The van der Waals surface area contributed by atoms with Crippen molar-refractivity contribution in [3.63, 3.8) is 0 Å². The fourth-order valence-electron chi connectivity index (χ4n) is 2.77. The van der Waals surface area contributed by atoms with Crippen molar-refractivity contribution in [1.82, 2.24) is 9.80 Å². The molecule has 1 aliphatic heterocycles. The minimum absolute atomic E-state index is 0.0428. The molecule has 1 fully saturated rings. The van der Waals surface area contributed by atoms with E-state index in [2.05, 4.69) is 5.38 Å². The van der Waals surface area contributed by atoms with Gasteiger partial charge in [0.1, 0.15) is 0 Å². The molecule has 0 aromatic carbocycles. The van der Waals surface area contributed by atoms with Crippen molar-refractivity contribution in [2.45, 2.75) is 32.2 Å². The number of hydrogen-bond donors (Lipinski definition) is 1. The number of piperidine rings is 1. The molecule has 1 aromatic heterocycles. The van der Waals surface area contributed by atoms with Gasteiger partial charge in [-0.05, 0) is 47.6 Å². The fraction of sp³-hybridized carbons (Fsp3) is 0.600. The first-order valence-electron chi connectivity index (χ1n) is 7.29. The van der Waals surface area contributed by atoms with E-state index >= 15 is 0 Å². The quantitative estimate of drug-likeness (QED) is 0.909. The maximum atomic E-state index is 12.4. The molecular weight excluding hydrogens is 288 g/mol. The first-order chi connectivity index (χ1) is 10.1. The van der Waals surface area contributed by atoms with Gasteiger partial charge in [-0.3, -0.25) is 4.79 Å². The zero-order valence-corrected chi connectivity index (χ0v) is 13.1. The molecule has 1 atom stereocenters. The average molecular weight is 310 g/mol. The van der Waals surface area contributed by atoms with Crippen LogP contribution in [0.3, 0.4) is 0 Å². The summed E-state index contributed by atoms with van der Waals surface area (Å²) < 4.78 is 0. The third-order valence-corrected chi connectivity index (χ3v) is 4.61. The number of nitrogens with zero attached hydrogens (tertiary/aromatic N) is 2. The molecule has 2 rings (SSSR count). The SMILES string of the molecule is CN(Cc1ccsc1)C(=O)N1CCCC(CCC(=O)O)C1. The van der Waals surface area contributed by atoms with E-state index in [4.69, 9.17) is 5.11 Å². The third-order valence-electron chi connectivity index (χ3n) is 3.88. The first kappa shape index (κ1) is 15.8. The highest BCUT2D eigenvalue weighted by Gasteiger charge is 2.26. The molecule has 1 saturated heterocycles. The summed E-state index contributed by atoms with van der Waals surface area (Å²) >= 11 is 1.63. The minimum atomic E-state index is -0.756. The van der Waals surface area contributed by atoms with Crippen LogP contribution in [0, 0.1) is 5.92 Å². The van der Waals surface area contributed by atoms with Crippen LogP contribution in [0.5, 0.6) is 0 Å². The molecular formula is C15H22N2O3S. The molecule has 1 unspecified atom stereocenters. The molecule has 0 aliphatic carbocycles. The van der Waals surface area contributed by atoms with E-state index in [0.29, 0.717) is 25.4 Å². The molecule has 0 spiro atoms. The van der Waals surface area contributed by atoms with Crippen LogP contribution in [0.4, 0.5) is 4.79 Å². The second kappa shape index (κ2) is 7.45. The summed E-state index contributed by atoms with van der Waals surface area (Å²) in [5, 5.41) is 12.8. The van der Waals surface area contributed by atoms with Gasteiger partial charge in [-0.1, -0.05) is 0 Å². The van der Waals surface area contributed by atoms with Crippen LogP contribution in [0.25, 0.3) is 0 Å². The van der Waals surface area contributed by atoms with Crippen molar-refractivity contribution >= 4 is 23.3 Å². The fourth-order valence-corrected chi connectivity index (χ4v) is 3.43. The Morgan fingerprint density at radius 3 is 3.00 bits per heavy atom. The van der Waals surface area contributed by atoms with Crippen LogP contribution in [0.2, 0.25) is 0 Å². The topological polar surface area (TPSA) is 60.9 Å². The van der Waals surface area contributed by atoms with Crippen LogP contribution < -0.4 is 0 Å². The lowest BCUT2D eigenvalue weighted by atomic mass is 9.93. The lowest BCUT2D eigenvalue weighted by molar-refractivity contribution is -0.137. The average Bonchev–Trinajstić information content (AvgIpc) is 2.97. The number of likely N-dealkylation sites (tertiary alicyclic amines) is 1. The van der Waals surface area contributed by atoms with Crippen LogP contribution in [0.1, 0.15) is 31.2 Å². The van der Waals surface area contributed by atoms with Gasteiger partial charge >= 0.3 is 12.0 Å². The molecule has 1 aromatic rings. The van der Waals surface area contributed by atoms with Gasteiger partial charge in [-0.2, -0.15) is 11.3 Å². The Labute approximate surface area is 129 Å². The number of aliphatic carboxylic acids is 1. The summed E-state index contributed by atoms with van der Waals surface area (Å²) in [6, 6.07) is 2.07. The van der Waals surface area contributed by atoms with Gasteiger partial charge in [0.05, 0.1) is 0 Å². The van der Waals surface area contributed by atoms with E-state index < -0.39 is 5.97 Å². The van der Waals surface area contributed by atoms with E-state index in [1.807, 2.05) is 23.4 Å². The Bertz CT molecular complexity index is 475. The monoisotopic (exact) mass is 310 g/mol. The van der Waals surface area contributed by atoms with Crippen LogP contribution in [0.15, 0.2) is 16.8 Å². The van der Waals surface area contributed by atoms with Crippen molar-refractivity contribution in [2.75, 3.05) is 20.1 Å². The molecule has 1 aliphatic rings. The van der Waals surface area contributed by atoms with E-state index in [1.165, 1.54) is 0 Å². The summed E-state index contributed by atoms with van der Waals surface area (Å²) in [6.45, 7) is 2.08. The number of thiophene rings is 1. The number of urea groups is 1. The lowest BCUT2D eigenvalue weighted by Gasteiger charge is -2.35. The van der Waals surface area contributed by atoms with Crippen LogP contribution in [-0.2, 0) is 11.3 Å². The van der Waals surface area contributed by atoms with Crippen molar-refractivity contribution < 1.29 is 14.7 Å². The summed E-state index contributed by atoms with van der Waals surface area (Å²) in [4.78, 5) is 26.7. The number of rotatable bonds is 5. The van der Waals surface area contributed by atoms with Crippen molar-refractivity contribution in [1.29, 1.82) is 0 Å². The third kappa shape index (κ3) is 4.74. The Kier molecular flexibility index (Phi) is 5.61. The van der Waals surface area contributed by atoms with Gasteiger partial charge in [-0.15, -0.1) is 0 Å². The lowest BCUT2D eigenvalue weighted by Crippen LogP contribution is -2.46. The zero-order valence-electron chi connectivity index (χ0n) is 12.3. The van der Waals surface area contributed by atoms with Gasteiger partial charge in [0.15, 0.2) is 0 Å². The molecule has 2 amide bonds. The van der Waals surface area contributed by atoms with Gasteiger partial charge in [0, 0.05) is 33.1 Å². The standard InChI is InChI=1S/C15H22N2O3S/c1-16(9-13-6-8-21-11-13)15(20)17-7-2-3-12(10-17)4-5-14(18)19/h6,8,11-12H,2-5,7,9-10H2,1H3,(H,18,19). The maximum Gasteiger partial charge on any atom is 0.320 e. The van der Waals surface area contributed by atoms with Crippen molar-refractivity contribution in [3.8, 4) is 0 Å². The second-order valence-corrected chi connectivity index (χ2v) is 6.44. The molecule has 6 heteroatoms. The summed E-state index contributed by atoms with van der Waals surface area (Å²) in [5.41, 5.74) is 1.15.